The lowest BCUT2D eigenvalue weighted by atomic mass is 10.3. The lowest BCUT2D eigenvalue weighted by Crippen LogP contribution is -2.39. The van der Waals surface area contributed by atoms with Gasteiger partial charge in [-0.1, -0.05) is 6.07 Å². The van der Waals surface area contributed by atoms with Gasteiger partial charge in [0.05, 0.1) is 11.4 Å². The van der Waals surface area contributed by atoms with Crippen LogP contribution in [0.1, 0.15) is 0 Å². The molecule has 0 aliphatic carbocycles. The van der Waals surface area contributed by atoms with E-state index in [9.17, 15) is 9.59 Å². The highest BCUT2D eigenvalue weighted by molar-refractivity contribution is 7.13. The maximum atomic E-state index is 11.7. The number of nitrogens with one attached hydrogen (secondary N) is 1. The number of thiophene rings is 1. The van der Waals surface area contributed by atoms with Crippen LogP contribution < -0.4 is 5.32 Å². The second-order valence-electron chi connectivity index (χ2n) is 3.99. The van der Waals surface area contributed by atoms with Crippen LogP contribution in [0, 0.1) is 0 Å². The first-order valence-corrected chi connectivity index (χ1v) is 6.82. The van der Waals surface area contributed by atoms with Crippen molar-refractivity contribution in [2.45, 2.75) is 12.6 Å². The fourth-order valence-corrected chi connectivity index (χ4v) is 2.12. The first kappa shape index (κ1) is 15.1. The van der Waals surface area contributed by atoms with Crippen LogP contribution in [0.15, 0.2) is 17.5 Å². The summed E-state index contributed by atoms with van der Waals surface area (Å²) in [6.07, 6.45) is -1.08. The highest BCUT2D eigenvalue weighted by Crippen LogP contribution is 2.19. The van der Waals surface area contributed by atoms with E-state index < -0.39 is 18.0 Å². The molecule has 10 heteroatoms. The van der Waals surface area contributed by atoms with E-state index in [0.717, 1.165) is 9.67 Å². The van der Waals surface area contributed by atoms with Gasteiger partial charge in [-0.3, -0.25) is 4.79 Å². The van der Waals surface area contributed by atoms with Crippen molar-refractivity contribution < 1.29 is 19.4 Å². The number of carbonyl (C=O) groups excluding carboxylic acids is 1. The van der Waals surface area contributed by atoms with Gasteiger partial charge in [-0.25, -0.2) is 4.79 Å². The van der Waals surface area contributed by atoms with Gasteiger partial charge in [0.15, 0.2) is 6.10 Å². The molecule has 1 atom stereocenters. The Kier molecular flexibility index (Phi) is 4.95. The number of aromatic nitrogens is 4. The average molecular weight is 311 g/mol. The number of methoxy groups -OCH3 is 1. The van der Waals surface area contributed by atoms with Crippen LogP contribution in [0.5, 0.6) is 0 Å². The number of aliphatic carboxylic acids is 1. The Morgan fingerprint density at radius 3 is 3.00 bits per heavy atom. The Bertz CT molecular complexity index is 612. The van der Waals surface area contributed by atoms with Crippen molar-refractivity contribution in [3.8, 4) is 10.7 Å². The summed E-state index contributed by atoms with van der Waals surface area (Å²) in [5.41, 5.74) is 0. The van der Waals surface area contributed by atoms with E-state index in [0.29, 0.717) is 5.82 Å². The molecule has 0 bridgehead atoms. The van der Waals surface area contributed by atoms with Gasteiger partial charge in [-0.05, 0) is 16.7 Å². The maximum absolute atomic E-state index is 11.7. The Morgan fingerprint density at radius 2 is 2.38 bits per heavy atom. The maximum Gasteiger partial charge on any atom is 0.334 e. The molecular weight excluding hydrogens is 298 g/mol. The molecule has 0 radical (unpaired) electrons. The van der Waals surface area contributed by atoms with Gasteiger partial charge >= 0.3 is 5.97 Å². The lowest BCUT2D eigenvalue weighted by Gasteiger charge is -2.10. The molecule has 1 amide bonds. The number of carbonyl (C=O) groups is 2. The Morgan fingerprint density at radius 1 is 1.57 bits per heavy atom. The topological polar surface area (TPSA) is 119 Å². The van der Waals surface area contributed by atoms with Crippen LogP contribution >= 0.6 is 11.3 Å². The average Bonchev–Trinajstić information content (AvgIpc) is 3.09. The fourth-order valence-electron chi connectivity index (χ4n) is 1.48. The van der Waals surface area contributed by atoms with Gasteiger partial charge in [0, 0.05) is 7.11 Å². The molecule has 2 N–H and O–H groups in total. The first-order valence-electron chi connectivity index (χ1n) is 5.94. The second kappa shape index (κ2) is 6.90. The van der Waals surface area contributed by atoms with Gasteiger partial charge in [0.2, 0.25) is 11.7 Å². The van der Waals surface area contributed by atoms with Crippen molar-refractivity contribution in [1.29, 1.82) is 0 Å². The van der Waals surface area contributed by atoms with Crippen LogP contribution in [0.4, 0.5) is 0 Å². The van der Waals surface area contributed by atoms with E-state index in [2.05, 4.69) is 20.7 Å². The number of ether oxygens (including phenoxy) is 1. The summed E-state index contributed by atoms with van der Waals surface area (Å²) in [4.78, 5) is 24.4. The molecule has 0 spiro atoms. The molecule has 2 aromatic heterocycles. The van der Waals surface area contributed by atoms with Gasteiger partial charge in [0.1, 0.15) is 6.54 Å². The number of nitrogens with zero attached hydrogens (tertiary/aromatic N) is 4. The molecule has 0 fully saturated rings. The predicted molar refractivity (Wildman–Crippen MR) is 72.6 cm³/mol. The number of carboxylic acid groups (broad SMARTS) is 1. The minimum absolute atomic E-state index is 0.128. The molecule has 9 nitrogen and oxygen atoms in total. The Labute approximate surface area is 123 Å². The molecule has 2 heterocycles. The molecule has 0 aliphatic rings. The quantitative estimate of drug-likeness (QED) is 0.715. The number of amides is 1. The van der Waals surface area contributed by atoms with Crippen LogP contribution in [0.3, 0.4) is 0 Å². The predicted octanol–water partition coefficient (Wildman–Crippen LogP) is -0.383. The van der Waals surface area contributed by atoms with Crippen molar-refractivity contribution in [2.75, 3.05) is 13.7 Å². The molecule has 0 aromatic carbocycles. The summed E-state index contributed by atoms with van der Waals surface area (Å²) in [6, 6.07) is 3.71. The Hall–Kier alpha value is -2.33. The summed E-state index contributed by atoms with van der Waals surface area (Å²) in [7, 11) is 1.26. The van der Waals surface area contributed by atoms with E-state index in [4.69, 9.17) is 9.84 Å². The molecule has 0 aliphatic heterocycles. The third kappa shape index (κ3) is 4.07. The number of tetrazole rings is 1. The zero-order valence-electron chi connectivity index (χ0n) is 11.1. The highest BCUT2D eigenvalue weighted by Gasteiger charge is 2.17. The number of carboxylic acids is 1. The summed E-state index contributed by atoms with van der Waals surface area (Å²) in [6.45, 7) is -0.272. The molecule has 2 aromatic rings. The van der Waals surface area contributed by atoms with E-state index in [1.807, 2.05) is 17.5 Å². The van der Waals surface area contributed by atoms with Crippen molar-refractivity contribution in [3.63, 3.8) is 0 Å². The first-order chi connectivity index (χ1) is 10.1. The molecule has 0 saturated carbocycles. The standard InChI is InChI=1S/C11H13N5O4S/c1-20-7(11(18)19)5-12-9(17)6-16-14-10(13-15-16)8-3-2-4-21-8/h2-4,7H,5-6H2,1H3,(H,12,17)(H,18,19). The van der Waals surface area contributed by atoms with Crippen LogP contribution in [0.2, 0.25) is 0 Å². The van der Waals surface area contributed by atoms with Crippen LogP contribution in [-0.4, -0.2) is 56.9 Å². The lowest BCUT2D eigenvalue weighted by molar-refractivity contribution is -0.148. The molecule has 1 unspecified atom stereocenters. The third-order valence-electron chi connectivity index (χ3n) is 2.52. The van der Waals surface area contributed by atoms with Crippen molar-refractivity contribution in [2.24, 2.45) is 0 Å². The highest BCUT2D eigenvalue weighted by atomic mass is 32.1. The van der Waals surface area contributed by atoms with E-state index in [1.54, 1.807) is 0 Å². The molecule has 21 heavy (non-hydrogen) atoms. The van der Waals surface area contributed by atoms with Crippen molar-refractivity contribution in [1.82, 2.24) is 25.5 Å². The summed E-state index contributed by atoms with van der Waals surface area (Å²) in [5, 5.41) is 24.8. The van der Waals surface area contributed by atoms with E-state index in [-0.39, 0.29) is 13.1 Å². The van der Waals surface area contributed by atoms with Crippen molar-refractivity contribution >= 4 is 23.2 Å². The summed E-state index contributed by atoms with van der Waals surface area (Å²) >= 11 is 1.47. The second-order valence-corrected chi connectivity index (χ2v) is 4.94. The van der Waals surface area contributed by atoms with Gasteiger partial charge in [-0.15, -0.1) is 21.5 Å². The Balaban J connectivity index is 1.87. The zero-order chi connectivity index (χ0) is 15.2. The monoisotopic (exact) mass is 311 g/mol. The minimum atomic E-state index is -1.14. The van der Waals surface area contributed by atoms with Crippen molar-refractivity contribution in [3.05, 3.63) is 17.5 Å². The summed E-state index contributed by atoms with van der Waals surface area (Å²) in [5.74, 6) is -1.12. The normalized spacial score (nSPS) is 12.0. The smallest absolute Gasteiger partial charge is 0.334 e. The minimum Gasteiger partial charge on any atom is -0.479 e. The largest absolute Gasteiger partial charge is 0.479 e. The third-order valence-corrected chi connectivity index (χ3v) is 3.39. The van der Waals surface area contributed by atoms with Gasteiger partial charge in [0.25, 0.3) is 0 Å². The molecule has 2 rings (SSSR count). The number of hydrogen-bond acceptors (Lipinski definition) is 7. The molecule has 112 valence electrons. The van der Waals surface area contributed by atoms with E-state index >= 15 is 0 Å². The van der Waals surface area contributed by atoms with Gasteiger partial charge < -0.3 is 15.2 Å². The molecular formula is C11H13N5O4S. The summed E-state index contributed by atoms with van der Waals surface area (Å²) < 4.78 is 4.70. The van der Waals surface area contributed by atoms with Gasteiger partial charge in [-0.2, -0.15) is 4.80 Å². The molecule has 0 saturated heterocycles. The zero-order valence-corrected chi connectivity index (χ0v) is 11.9. The van der Waals surface area contributed by atoms with Crippen LogP contribution in [-0.2, 0) is 20.9 Å². The number of rotatable bonds is 7. The SMILES string of the molecule is COC(CNC(=O)Cn1nnc(-c2cccs2)n1)C(=O)O. The fraction of sp³-hybridized carbons (Fsp3) is 0.364. The number of hydrogen-bond donors (Lipinski definition) is 2. The van der Waals surface area contributed by atoms with Crippen LogP contribution in [0.25, 0.3) is 10.7 Å². The van der Waals surface area contributed by atoms with E-state index in [1.165, 1.54) is 18.4 Å².